The molecule has 24 heavy (non-hydrogen) atoms. The van der Waals surface area contributed by atoms with Crippen LogP contribution in [-0.4, -0.2) is 21.2 Å². The molecule has 0 spiro atoms. The zero-order valence-electron chi connectivity index (χ0n) is 12.5. The molecular formula is C17H13ClFN3OS. The van der Waals surface area contributed by atoms with Gasteiger partial charge in [-0.15, -0.1) is 5.11 Å². The van der Waals surface area contributed by atoms with Crippen LogP contribution >= 0.6 is 23.4 Å². The Labute approximate surface area is 147 Å². The van der Waals surface area contributed by atoms with E-state index in [-0.39, 0.29) is 23.4 Å². The van der Waals surface area contributed by atoms with E-state index < -0.39 is 0 Å². The molecule has 0 saturated carbocycles. The normalized spacial score (nSPS) is 15.2. The van der Waals surface area contributed by atoms with E-state index in [9.17, 15) is 9.50 Å². The molecule has 0 radical (unpaired) electrons. The molecule has 1 aliphatic rings. The summed E-state index contributed by atoms with van der Waals surface area (Å²) in [5.74, 6) is 1.28. The van der Waals surface area contributed by atoms with Gasteiger partial charge in [-0.1, -0.05) is 23.7 Å². The number of para-hydroxylation sites is 1. The number of hydrogen-bond acceptors (Lipinski definition) is 4. The van der Waals surface area contributed by atoms with E-state index >= 15 is 0 Å². The number of azo groups is 1. The first-order chi connectivity index (χ1) is 11.6. The lowest BCUT2D eigenvalue weighted by Crippen LogP contribution is -2.22. The predicted molar refractivity (Wildman–Crippen MR) is 95.6 cm³/mol. The van der Waals surface area contributed by atoms with Crippen LogP contribution in [0.1, 0.15) is 6.04 Å². The third-order valence-corrected chi connectivity index (χ3v) is 5.49. The summed E-state index contributed by atoms with van der Waals surface area (Å²) in [7, 11) is 0. The smallest absolute Gasteiger partial charge is 0.221 e. The Bertz CT molecular complexity index is 935. The standard InChI is InChI=1S/C17H13ClFN3OS/c18-10-4-6-11(7-5-10)20-21-15-13-2-1-3-14(19)16(13)22(17(15)23)12-8-24-9-12/h1-7,12,23H,8-9H2. The number of fused-ring (bicyclic) bond motifs is 1. The summed E-state index contributed by atoms with van der Waals surface area (Å²) in [6.07, 6.45) is 0. The van der Waals surface area contributed by atoms with E-state index in [1.54, 1.807) is 52.7 Å². The van der Waals surface area contributed by atoms with Crippen molar-refractivity contribution in [2.45, 2.75) is 6.04 Å². The minimum Gasteiger partial charge on any atom is -0.493 e. The van der Waals surface area contributed by atoms with Crippen LogP contribution in [0.5, 0.6) is 5.88 Å². The van der Waals surface area contributed by atoms with Crippen molar-refractivity contribution in [2.24, 2.45) is 10.2 Å². The molecule has 1 aliphatic heterocycles. The summed E-state index contributed by atoms with van der Waals surface area (Å²) in [5, 5.41) is 20.1. The lowest BCUT2D eigenvalue weighted by Gasteiger charge is -2.27. The van der Waals surface area contributed by atoms with Gasteiger partial charge in [0.1, 0.15) is 5.82 Å². The topological polar surface area (TPSA) is 49.9 Å². The Morgan fingerprint density at radius 3 is 2.54 bits per heavy atom. The van der Waals surface area contributed by atoms with Crippen LogP contribution < -0.4 is 0 Å². The molecular weight excluding hydrogens is 349 g/mol. The van der Waals surface area contributed by atoms with Crippen molar-refractivity contribution in [1.29, 1.82) is 0 Å². The van der Waals surface area contributed by atoms with Gasteiger partial charge in [-0.2, -0.15) is 16.9 Å². The van der Waals surface area contributed by atoms with Gasteiger partial charge in [-0.3, -0.25) is 0 Å². The first-order valence-electron chi connectivity index (χ1n) is 7.41. The van der Waals surface area contributed by atoms with Crippen LogP contribution in [0.2, 0.25) is 5.02 Å². The van der Waals surface area contributed by atoms with Crippen LogP contribution in [0.3, 0.4) is 0 Å². The first kappa shape index (κ1) is 15.5. The molecule has 0 amide bonds. The molecule has 7 heteroatoms. The zero-order valence-corrected chi connectivity index (χ0v) is 14.1. The highest BCUT2D eigenvalue weighted by Gasteiger charge is 2.28. The number of aromatic nitrogens is 1. The average molecular weight is 362 g/mol. The number of rotatable bonds is 3. The first-order valence-corrected chi connectivity index (χ1v) is 8.95. The van der Waals surface area contributed by atoms with Crippen molar-refractivity contribution in [2.75, 3.05) is 11.5 Å². The second kappa shape index (κ2) is 6.11. The van der Waals surface area contributed by atoms with E-state index in [2.05, 4.69) is 10.2 Å². The number of halogens is 2. The molecule has 0 atom stereocenters. The van der Waals surface area contributed by atoms with Gasteiger partial charge in [-0.25, -0.2) is 4.39 Å². The molecule has 1 N–H and O–H groups in total. The Hall–Kier alpha value is -2.05. The zero-order chi connectivity index (χ0) is 16.7. The molecule has 1 saturated heterocycles. The molecule has 2 aromatic carbocycles. The van der Waals surface area contributed by atoms with Gasteiger partial charge in [-0.05, 0) is 30.3 Å². The van der Waals surface area contributed by atoms with Crippen molar-refractivity contribution in [3.05, 3.63) is 53.3 Å². The summed E-state index contributed by atoms with van der Waals surface area (Å²) < 4.78 is 16.0. The predicted octanol–water partition coefficient (Wildman–Crippen LogP) is 5.84. The summed E-state index contributed by atoms with van der Waals surface area (Å²) in [5.41, 5.74) is 1.28. The fourth-order valence-corrected chi connectivity index (χ4v) is 3.60. The SMILES string of the molecule is Oc1c(N=Nc2ccc(Cl)cc2)c2cccc(F)c2n1C1CSC1. The molecule has 0 bridgehead atoms. The highest BCUT2D eigenvalue weighted by molar-refractivity contribution is 8.00. The van der Waals surface area contributed by atoms with Gasteiger partial charge in [0.15, 0.2) is 5.69 Å². The van der Waals surface area contributed by atoms with Crippen LogP contribution in [0.15, 0.2) is 52.7 Å². The van der Waals surface area contributed by atoms with Crippen molar-refractivity contribution in [1.82, 2.24) is 4.57 Å². The number of thioether (sulfide) groups is 1. The third-order valence-electron chi connectivity index (χ3n) is 4.00. The summed E-state index contributed by atoms with van der Waals surface area (Å²) >= 11 is 7.61. The molecule has 4 nitrogen and oxygen atoms in total. The van der Waals surface area contributed by atoms with Crippen LogP contribution in [-0.2, 0) is 0 Å². The molecule has 1 aromatic heterocycles. The summed E-state index contributed by atoms with van der Waals surface area (Å²) in [4.78, 5) is 0. The van der Waals surface area contributed by atoms with Crippen LogP contribution in [0.4, 0.5) is 15.8 Å². The second-order valence-electron chi connectivity index (χ2n) is 5.55. The fraction of sp³-hybridized carbons (Fsp3) is 0.176. The summed E-state index contributed by atoms with van der Waals surface area (Å²) in [6.45, 7) is 0. The van der Waals surface area contributed by atoms with Gasteiger partial charge < -0.3 is 9.67 Å². The highest BCUT2D eigenvalue weighted by Crippen LogP contribution is 2.45. The monoisotopic (exact) mass is 361 g/mol. The molecule has 0 unspecified atom stereocenters. The average Bonchev–Trinajstić information content (AvgIpc) is 2.79. The molecule has 122 valence electrons. The van der Waals surface area contributed by atoms with E-state index in [0.29, 0.717) is 21.6 Å². The molecule has 1 fully saturated rings. The molecule has 2 heterocycles. The fourth-order valence-electron chi connectivity index (χ4n) is 2.73. The number of benzene rings is 2. The Kier molecular flexibility index (Phi) is 3.94. The van der Waals surface area contributed by atoms with E-state index in [1.165, 1.54) is 6.07 Å². The molecule has 3 aromatic rings. The van der Waals surface area contributed by atoms with Gasteiger partial charge in [0, 0.05) is 21.9 Å². The number of hydrogen-bond donors (Lipinski definition) is 1. The van der Waals surface area contributed by atoms with E-state index in [1.807, 2.05) is 0 Å². The van der Waals surface area contributed by atoms with Gasteiger partial charge in [0.2, 0.25) is 5.88 Å². The van der Waals surface area contributed by atoms with E-state index in [0.717, 1.165) is 11.5 Å². The Morgan fingerprint density at radius 2 is 1.88 bits per heavy atom. The third kappa shape index (κ3) is 2.56. The van der Waals surface area contributed by atoms with Crippen LogP contribution in [0.25, 0.3) is 10.9 Å². The maximum Gasteiger partial charge on any atom is 0.221 e. The maximum atomic E-state index is 14.3. The van der Waals surface area contributed by atoms with Crippen molar-refractivity contribution in [3.63, 3.8) is 0 Å². The van der Waals surface area contributed by atoms with Gasteiger partial charge in [0.25, 0.3) is 0 Å². The second-order valence-corrected chi connectivity index (χ2v) is 7.06. The molecule has 4 rings (SSSR count). The van der Waals surface area contributed by atoms with E-state index in [4.69, 9.17) is 11.6 Å². The van der Waals surface area contributed by atoms with Crippen molar-refractivity contribution in [3.8, 4) is 5.88 Å². The van der Waals surface area contributed by atoms with Gasteiger partial charge >= 0.3 is 0 Å². The maximum absolute atomic E-state index is 14.3. The van der Waals surface area contributed by atoms with Gasteiger partial charge in [0.05, 0.1) is 17.2 Å². The lowest BCUT2D eigenvalue weighted by atomic mass is 10.2. The molecule has 0 aliphatic carbocycles. The minimum atomic E-state index is -0.368. The largest absolute Gasteiger partial charge is 0.493 e. The quantitative estimate of drug-likeness (QED) is 0.595. The minimum absolute atomic E-state index is 0.0434. The Morgan fingerprint density at radius 1 is 1.12 bits per heavy atom. The van der Waals surface area contributed by atoms with Crippen LogP contribution in [0, 0.1) is 5.82 Å². The Balaban J connectivity index is 1.84. The summed E-state index contributed by atoms with van der Waals surface area (Å²) in [6, 6.07) is 11.7. The highest BCUT2D eigenvalue weighted by atomic mass is 35.5. The van der Waals surface area contributed by atoms with Crippen molar-refractivity contribution >= 4 is 45.6 Å². The number of aromatic hydroxyl groups is 1. The lowest BCUT2D eigenvalue weighted by molar-refractivity contribution is 0.404. The number of nitrogens with zero attached hydrogens (tertiary/aromatic N) is 3. The van der Waals surface area contributed by atoms with Crippen molar-refractivity contribution < 1.29 is 9.50 Å².